The van der Waals surface area contributed by atoms with Gasteiger partial charge in [0.15, 0.2) is 6.04 Å². The van der Waals surface area contributed by atoms with Crippen LogP contribution >= 0.6 is 0 Å². The average Bonchev–Trinajstić information content (AvgIpc) is 2.56. The van der Waals surface area contributed by atoms with Gasteiger partial charge in [-0.15, -0.1) is 0 Å². The van der Waals surface area contributed by atoms with Crippen molar-refractivity contribution < 1.29 is 14.4 Å². The van der Waals surface area contributed by atoms with Crippen LogP contribution in [0.1, 0.15) is 103 Å². The minimum atomic E-state index is -0.662. The van der Waals surface area contributed by atoms with E-state index in [1.165, 1.54) is 77.0 Å². The summed E-state index contributed by atoms with van der Waals surface area (Å²) in [5, 5.41) is 9.31. The molecule has 0 aromatic heterocycles. The van der Waals surface area contributed by atoms with Crippen LogP contribution in [-0.4, -0.2) is 42.7 Å². The maximum absolute atomic E-state index is 11.3. The number of carboxylic acids is 1. The molecule has 0 aliphatic rings. The van der Waals surface area contributed by atoms with Gasteiger partial charge in [0.25, 0.3) is 0 Å². The van der Waals surface area contributed by atoms with Crippen LogP contribution in [0.25, 0.3) is 0 Å². The third-order valence-corrected chi connectivity index (χ3v) is 5.21. The molecule has 154 valence electrons. The lowest BCUT2D eigenvalue weighted by molar-refractivity contribution is -0.887. The highest BCUT2D eigenvalue weighted by molar-refractivity contribution is 5.72. The zero-order chi connectivity index (χ0) is 19.7. The first-order chi connectivity index (χ1) is 12.4. The summed E-state index contributed by atoms with van der Waals surface area (Å²) in [6.07, 6.45) is 23.6. The van der Waals surface area contributed by atoms with Crippen LogP contribution in [0.2, 0.25) is 0 Å². The molecule has 0 rings (SSSR count). The largest absolute Gasteiger partial charge is 0.477 e. The van der Waals surface area contributed by atoms with Crippen molar-refractivity contribution in [3.05, 3.63) is 12.2 Å². The predicted octanol–water partition coefficient (Wildman–Crippen LogP) is 6.57. The van der Waals surface area contributed by atoms with E-state index in [2.05, 4.69) is 19.1 Å². The van der Waals surface area contributed by atoms with E-state index in [1.54, 1.807) is 0 Å². The predicted molar refractivity (Wildman–Crippen MR) is 114 cm³/mol. The number of hydrogen-bond acceptors (Lipinski definition) is 1. The smallest absolute Gasteiger partial charge is 0.362 e. The zero-order valence-corrected chi connectivity index (χ0v) is 18.1. The second kappa shape index (κ2) is 16.4. The molecule has 0 spiro atoms. The van der Waals surface area contributed by atoms with Gasteiger partial charge in [-0.2, -0.15) is 0 Å². The van der Waals surface area contributed by atoms with Crippen LogP contribution in [0.5, 0.6) is 0 Å². The van der Waals surface area contributed by atoms with Crippen LogP contribution in [0.15, 0.2) is 12.2 Å². The van der Waals surface area contributed by atoms with Crippen molar-refractivity contribution in [2.75, 3.05) is 21.1 Å². The number of nitrogens with zero attached hydrogens (tertiary/aromatic N) is 1. The molecule has 3 heteroatoms. The molecule has 3 nitrogen and oxygen atoms in total. The van der Waals surface area contributed by atoms with Gasteiger partial charge < -0.3 is 9.59 Å². The minimum Gasteiger partial charge on any atom is -0.477 e. The van der Waals surface area contributed by atoms with Crippen LogP contribution in [0.3, 0.4) is 0 Å². The first kappa shape index (κ1) is 25.2. The summed E-state index contributed by atoms with van der Waals surface area (Å²) in [7, 11) is 5.91. The topological polar surface area (TPSA) is 37.3 Å². The summed E-state index contributed by atoms with van der Waals surface area (Å²) in [5.41, 5.74) is 0. The van der Waals surface area contributed by atoms with E-state index >= 15 is 0 Å². The van der Waals surface area contributed by atoms with Gasteiger partial charge in [-0.25, -0.2) is 4.79 Å². The third-order valence-electron chi connectivity index (χ3n) is 5.21. The molecule has 0 fully saturated rings. The van der Waals surface area contributed by atoms with E-state index < -0.39 is 5.97 Å². The molecule has 0 radical (unpaired) electrons. The van der Waals surface area contributed by atoms with Crippen LogP contribution in [-0.2, 0) is 4.79 Å². The number of unbranched alkanes of at least 4 members (excludes halogenated alkanes) is 12. The molecule has 0 heterocycles. The number of aliphatic carboxylic acids is 1. The number of rotatable bonds is 18. The summed E-state index contributed by atoms with van der Waals surface area (Å²) in [5.74, 6) is -0.662. The third kappa shape index (κ3) is 15.4. The van der Waals surface area contributed by atoms with E-state index in [-0.39, 0.29) is 6.04 Å². The van der Waals surface area contributed by atoms with Crippen molar-refractivity contribution in [2.24, 2.45) is 0 Å². The standard InChI is InChI=1S/C23H45NO2/c1-5-6-7-8-9-10-11-12-13-14-15-16-17-18-19-20-21-22(23(25)26)24(2,3)4/h12-13,22H,5-11,14-21H2,1-4H3/p+1/b13-12-. The molecule has 0 aliphatic heterocycles. The Morgan fingerprint density at radius 3 is 1.62 bits per heavy atom. The van der Waals surface area contributed by atoms with Crippen molar-refractivity contribution in [2.45, 2.75) is 109 Å². The Balaban J connectivity index is 3.41. The average molecular weight is 369 g/mol. The molecule has 1 unspecified atom stereocenters. The Hall–Kier alpha value is -0.830. The van der Waals surface area contributed by atoms with Gasteiger partial charge in [0.05, 0.1) is 21.1 Å². The van der Waals surface area contributed by atoms with Crippen molar-refractivity contribution in [3.63, 3.8) is 0 Å². The molecular formula is C23H46NO2+. The highest BCUT2D eigenvalue weighted by Crippen LogP contribution is 2.15. The summed E-state index contributed by atoms with van der Waals surface area (Å²) in [6, 6.07) is -0.271. The summed E-state index contributed by atoms with van der Waals surface area (Å²) < 4.78 is 0.514. The summed E-state index contributed by atoms with van der Waals surface area (Å²) >= 11 is 0. The SMILES string of the molecule is CCCCCCCC/C=C\CCCCCCCCC(C(=O)O)[N+](C)(C)C. The number of likely N-dealkylation sites (N-methyl/N-ethyl adjacent to an activating group) is 1. The van der Waals surface area contributed by atoms with Crippen molar-refractivity contribution in [1.29, 1.82) is 0 Å². The summed E-state index contributed by atoms with van der Waals surface area (Å²) in [6.45, 7) is 2.27. The Kier molecular flexibility index (Phi) is 15.8. The molecule has 0 aromatic carbocycles. The van der Waals surface area contributed by atoms with E-state index in [0.717, 1.165) is 19.3 Å². The fraction of sp³-hybridized carbons (Fsp3) is 0.870. The van der Waals surface area contributed by atoms with Crippen molar-refractivity contribution >= 4 is 5.97 Å². The molecular weight excluding hydrogens is 322 g/mol. The molecule has 0 aliphatic carbocycles. The monoisotopic (exact) mass is 368 g/mol. The van der Waals surface area contributed by atoms with Gasteiger partial charge in [0.1, 0.15) is 0 Å². The van der Waals surface area contributed by atoms with E-state index in [4.69, 9.17) is 0 Å². The molecule has 0 bridgehead atoms. The highest BCUT2D eigenvalue weighted by Gasteiger charge is 2.30. The second-order valence-electron chi connectivity index (χ2n) is 8.70. The highest BCUT2D eigenvalue weighted by atomic mass is 16.4. The molecule has 0 saturated heterocycles. The minimum absolute atomic E-state index is 0.271. The maximum Gasteiger partial charge on any atom is 0.362 e. The molecule has 0 aromatic rings. The Bertz CT molecular complexity index is 358. The zero-order valence-electron chi connectivity index (χ0n) is 18.1. The molecule has 1 atom stereocenters. The fourth-order valence-electron chi connectivity index (χ4n) is 3.43. The maximum atomic E-state index is 11.3. The molecule has 1 N–H and O–H groups in total. The quantitative estimate of drug-likeness (QED) is 0.169. The van der Waals surface area contributed by atoms with Crippen molar-refractivity contribution in [1.82, 2.24) is 0 Å². The normalized spacial score (nSPS) is 13.4. The van der Waals surface area contributed by atoms with Gasteiger partial charge in [-0.05, 0) is 32.1 Å². The van der Waals surface area contributed by atoms with E-state index in [9.17, 15) is 9.90 Å². The fourth-order valence-corrected chi connectivity index (χ4v) is 3.43. The van der Waals surface area contributed by atoms with Gasteiger partial charge in [0.2, 0.25) is 0 Å². The van der Waals surface area contributed by atoms with E-state index in [1.807, 2.05) is 21.1 Å². The number of allylic oxidation sites excluding steroid dienone is 2. The Morgan fingerprint density at radius 2 is 1.19 bits per heavy atom. The van der Waals surface area contributed by atoms with Gasteiger partial charge >= 0.3 is 5.97 Å². The molecule has 26 heavy (non-hydrogen) atoms. The second-order valence-corrected chi connectivity index (χ2v) is 8.70. The first-order valence-electron chi connectivity index (χ1n) is 11.1. The molecule has 0 amide bonds. The van der Waals surface area contributed by atoms with Gasteiger partial charge in [0, 0.05) is 6.42 Å². The van der Waals surface area contributed by atoms with Crippen molar-refractivity contribution in [3.8, 4) is 0 Å². The number of carboxylic acid groups (broad SMARTS) is 1. The first-order valence-corrected chi connectivity index (χ1v) is 11.1. The van der Waals surface area contributed by atoms with Crippen LogP contribution < -0.4 is 0 Å². The number of hydrogen-bond donors (Lipinski definition) is 1. The molecule has 0 saturated carbocycles. The lowest BCUT2D eigenvalue weighted by atomic mass is 10.0. The Labute approximate surface area is 163 Å². The Morgan fingerprint density at radius 1 is 0.769 bits per heavy atom. The van der Waals surface area contributed by atoms with Crippen LogP contribution in [0, 0.1) is 0 Å². The summed E-state index contributed by atoms with van der Waals surface area (Å²) in [4.78, 5) is 11.3. The number of carbonyl (C=O) groups is 1. The van der Waals surface area contributed by atoms with Gasteiger partial charge in [-0.3, -0.25) is 0 Å². The number of quaternary nitrogens is 1. The van der Waals surface area contributed by atoms with Gasteiger partial charge in [-0.1, -0.05) is 76.9 Å². The van der Waals surface area contributed by atoms with E-state index in [0.29, 0.717) is 4.48 Å². The lowest BCUT2D eigenvalue weighted by Gasteiger charge is -2.31. The van der Waals surface area contributed by atoms with Crippen LogP contribution in [0.4, 0.5) is 0 Å². The lowest BCUT2D eigenvalue weighted by Crippen LogP contribution is -2.49.